The Bertz CT molecular complexity index is 197. The first-order valence-corrected chi connectivity index (χ1v) is 3.90. The molecule has 0 atom stereocenters. The summed E-state index contributed by atoms with van der Waals surface area (Å²) in [6.45, 7) is 11.2. The summed E-state index contributed by atoms with van der Waals surface area (Å²) in [7, 11) is 0. The first kappa shape index (κ1) is 11.1. The molecule has 1 aliphatic carbocycles. The molecule has 0 amide bonds. The summed E-state index contributed by atoms with van der Waals surface area (Å²) in [5, 5.41) is 0. The number of hydrogen-bond acceptors (Lipinski definition) is 0. The van der Waals surface area contributed by atoms with Gasteiger partial charge >= 0.3 is 0 Å². The van der Waals surface area contributed by atoms with Crippen molar-refractivity contribution in [2.75, 3.05) is 0 Å². The second-order valence-corrected chi connectivity index (χ2v) is 3.34. The Balaban J connectivity index is 0.000001000. The van der Waals surface area contributed by atoms with Gasteiger partial charge in [0.25, 0.3) is 0 Å². The van der Waals surface area contributed by atoms with Crippen LogP contribution in [0.25, 0.3) is 0 Å². The Kier molecular flexibility index (Phi) is 3.70. The Hall–Kier alpha value is 0.103. The normalized spacial score (nSPS) is 19.4. The smallest absolute Gasteiger partial charge is 0 e. The van der Waals surface area contributed by atoms with Gasteiger partial charge in [-0.25, -0.2) is 0 Å². The minimum Gasteiger partial charge on any atom is -0.0632 e. The molecule has 58 valence electrons. The van der Waals surface area contributed by atoms with E-state index in [4.69, 9.17) is 0 Å². The van der Waals surface area contributed by atoms with E-state index in [0.717, 1.165) is 0 Å². The molecule has 0 aromatic heterocycles. The van der Waals surface area contributed by atoms with Gasteiger partial charge in [0.2, 0.25) is 0 Å². The van der Waals surface area contributed by atoms with Crippen molar-refractivity contribution in [3.63, 3.8) is 0 Å². The van der Waals surface area contributed by atoms with Gasteiger partial charge in [-0.1, -0.05) is 18.1 Å². The zero-order chi connectivity index (χ0) is 7.89. The molecule has 0 aromatic carbocycles. The molecule has 0 heterocycles. The van der Waals surface area contributed by atoms with Gasteiger partial charge in [0, 0.05) is 19.5 Å². The molecule has 0 unspecified atom stereocenters. The third-order valence-electron chi connectivity index (χ3n) is 3.04. The first-order valence-electron chi connectivity index (χ1n) is 3.90. The van der Waals surface area contributed by atoms with E-state index >= 15 is 0 Å². The SMILES string of the molecule is CC1=C(C)C(C)C(C)=C1C.[Zn]. The van der Waals surface area contributed by atoms with Crippen LogP contribution in [0.5, 0.6) is 0 Å². The summed E-state index contributed by atoms with van der Waals surface area (Å²) in [5.41, 5.74) is 6.11. The summed E-state index contributed by atoms with van der Waals surface area (Å²) >= 11 is 0. The van der Waals surface area contributed by atoms with Crippen LogP contribution in [0.4, 0.5) is 0 Å². The maximum Gasteiger partial charge on any atom is 0 e. The Morgan fingerprint density at radius 2 is 1.09 bits per heavy atom. The molecule has 1 aliphatic rings. The molecule has 0 radical (unpaired) electrons. The van der Waals surface area contributed by atoms with E-state index in [-0.39, 0.29) is 19.5 Å². The van der Waals surface area contributed by atoms with Crippen molar-refractivity contribution in [3.8, 4) is 0 Å². The van der Waals surface area contributed by atoms with E-state index in [2.05, 4.69) is 34.6 Å². The maximum absolute atomic E-state index is 2.28. The van der Waals surface area contributed by atoms with Crippen LogP contribution in [-0.2, 0) is 19.5 Å². The first-order chi connectivity index (χ1) is 4.55. The van der Waals surface area contributed by atoms with Crippen molar-refractivity contribution in [1.82, 2.24) is 0 Å². The minimum atomic E-state index is 0. The van der Waals surface area contributed by atoms with E-state index in [0.29, 0.717) is 5.92 Å². The van der Waals surface area contributed by atoms with Gasteiger partial charge in [0.1, 0.15) is 0 Å². The second kappa shape index (κ2) is 3.67. The molecule has 1 rings (SSSR count). The van der Waals surface area contributed by atoms with Gasteiger partial charge in [-0.15, -0.1) is 0 Å². The molecule has 0 bridgehead atoms. The predicted molar refractivity (Wildman–Crippen MR) is 45.9 cm³/mol. The Labute approximate surface area is 82.5 Å². The third kappa shape index (κ3) is 1.64. The van der Waals surface area contributed by atoms with Crippen LogP contribution in [0, 0.1) is 5.92 Å². The number of hydrogen-bond donors (Lipinski definition) is 0. The molecule has 0 fully saturated rings. The largest absolute Gasteiger partial charge is 0.0632 e. The van der Waals surface area contributed by atoms with Gasteiger partial charge < -0.3 is 0 Å². The van der Waals surface area contributed by atoms with Gasteiger partial charge in [-0.3, -0.25) is 0 Å². The van der Waals surface area contributed by atoms with E-state index in [9.17, 15) is 0 Å². The summed E-state index contributed by atoms with van der Waals surface area (Å²) in [4.78, 5) is 0. The van der Waals surface area contributed by atoms with E-state index < -0.39 is 0 Å². The van der Waals surface area contributed by atoms with Gasteiger partial charge in [0.05, 0.1) is 0 Å². The number of allylic oxidation sites excluding steroid dienone is 4. The maximum atomic E-state index is 2.28. The Morgan fingerprint density at radius 3 is 1.18 bits per heavy atom. The van der Waals surface area contributed by atoms with Crippen LogP contribution in [0.3, 0.4) is 0 Å². The van der Waals surface area contributed by atoms with Crippen molar-refractivity contribution < 1.29 is 19.5 Å². The van der Waals surface area contributed by atoms with Crippen molar-refractivity contribution in [1.29, 1.82) is 0 Å². The molecule has 0 spiro atoms. The minimum absolute atomic E-state index is 0. The quantitative estimate of drug-likeness (QED) is 0.528. The molecule has 11 heavy (non-hydrogen) atoms. The Morgan fingerprint density at radius 1 is 0.818 bits per heavy atom. The third-order valence-corrected chi connectivity index (χ3v) is 3.04. The van der Waals surface area contributed by atoms with Gasteiger partial charge in [-0.2, -0.15) is 0 Å². The van der Waals surface area contributed by atoms with Gasteiger partial charge in [-0.05, 0) is 44.8 Å². The van der Waals surface area contributed by atoms with Crippen molar-refractivity contribution >= 4 is 0 Å². The van der Waals surface area contributed by atoms with Crippen LogP contribution in [0.2, 0.25) is 0 Å². The van der Waals surface area contributed by atoms with Crippen LogP contribution < -0.4 is 0 Å². The van der Waals surface area contributed by atoms with Crippen LogP contribution in [-0.4, -0.2) is 0 Å². The molecule has 1 heteroatoms. The van der Waals surface area contributed by atoms with Crippen LogP contribution in [0.1, 0.15) is 34.6 Å². The molecule has 0 saturated carbocycles. The van der Waals surface area contributed by atoms with E-state index in [1.54, 1.807) is 11.1 Å². The molecular formula is C10H16Zn. The molecule has 0 aliphatic heterocycles. The average molecular weight is 202 g/mol. The standard InChI is InChI=1S/C10H16.Zn/c1-6-7(2)9(4)10(5)8(6)3;/h6H,1-5H3;. The van der Waals surface area contributed by atoms with Crippen molar-refractivity contribution in [2.45, 2.75) is 34.6 Å². The molecular weight excluding hydrogens is 185 g/mol. The molecule has 0 aromatic rings. The summed E-state index contributed by atoms with van der Waals surface area (Å²) in [5.74, 6) is 0.694. The van der Waals surface area contributed by atoms with Crippen LogP contribution >= 0.6 is 0 Å². The molecule has 0 saturated heterocycles. The van der Waals surface area contributed by atoms with E-state index in [1.165, 1.54) is 11.1 Å². The molecule has 0 N–H and O–H groups in total. The summed E-state index contributed by atoms with van der Waals surface area (Å²) in [6, 6.07) is 0. The summed E-state index contributed by atoms with van der Waals surface area (Å²) in [6.07, 6.45) is 0. The average Bonchev–Trinajstić information content (AvgIpc) is 2.07. The second-order valence-electron chi connectivity index (χ2n) is 3.34. The van der Waals surface area contributed by atoms with Gasteiger partial charge in [0.15, 0.2) is 0 Å². The van der Waals surface area contributed by atoms with E-state index in [1.807, 2.05) is 0 Å². The fourth-order valence-corrected chi connectivity index (χ4v) is 1.57. The topological polar surface area (TPSA) is 0 Å². The molecule has 0 nitrogen and oxygen atoms in total. The fraction of sp³-hybridized carbons (Fsp3) is 0.600. The van der Waals surface area contributed by atoms with Crippen molar-refractivity contribution in [2.24, 2.45) is 5.92 Å². The zero-order valence-corrected chi connectivity index (χ0v) is 11.3. The van der Waals surface area contributed by atoms with Crippen LogP contribution in [0.15, 0.2) is 22.3 Å². The predicted octanol–water partition coefficient (Wildman–Crippen LogP) is 3.31. The fourth-order valence-electron chi connectivity index (χ4n) is 1.57. The monoisotopic (exact) mass is 200 g/mol. The zero-order valence-electron chi connectivity index (χ0n) is 8.28. The number of rotatable bonds is 0. The summed E-state index contributed by atoms with van der Waals surface area (Å²) < 4.78 is 0. The van der Waals surface area contributed by atoms with Crippen molar-refractivity contribution in [3.05, 3.63) is 22.3 Å².